The second-order valence-electron chi connectivity index (χ2n) is 3.97. The average molecular weight is 344 g/mol. The minimum atomic E-state index is -1.23. The standard InChI is InChI=1S/C12H14BrN3O4/c13-7-3-1-2-4-8(7)15-12(20)16-9(11(18)19)5-6-10(14)17/h1-4,9H,5-6H2,(H2,14,17)(H,18,19)(H2,15,16,20)/t9-/m1/s1. The zero-order valence-electron chi connectivity index (χ0n) is 10.4. The third-order valence-electron chi connectivity index (χ3n) is 2.40. The lowest BCUT2D eigenvalue weighted by molar-refractivity contribution is -0.139. The van der Waals surface area contributed by atoms with E-state index in [1.807, 2.05) is 0 Å². The van der Waals surface area contributed by atoms with E-state index in [-0.39, 0.29) is 12.8 Å². The summed E-state index contributed by atoms with van der Waals surface area (Å²) >= 11 is 3.25. The van der Waals surface area contributed by atoms with E-state index in [0.717, 1.165) is 0 Å². The summed E-state index contributed by atoms with van der Waals surface area (Å²) in [5, 5.41) is 13.7. The number of hydrogen-bond acceptors (Lipinski definition) is 3. The van der Waals surface area contributed by atoms with Crippen molar-refractivity contribution < 1.29 is 19.5 Å². The van der Waals surface area contributed by atoms with Gasteiger partial charge in [-0.3, -0.25) is 4.79 Å². The van der Waals surface area contributed by atoms with Crippen molar-refractivity contribution in [3.05, 3.63) is 28.7 Å². The van der Waals surface area contributed by atoms with Gasteiger partial charge in [-0.2, -0.15) is 0 Å². The Balaban J connectivity index is 2.60. The summed E-state index contributed by atoms with van der Waals surface area (Å²) in [4.78, 5) is 33.3. The maximum absolute atomic E-state index is 11.7. The highest BCUT2D eigenvalue weighted by Crippen LogP contribution is 2.20. The molecule has 0 aliphatic heterocycles. The number of aliphatic carboxylic acids is 1. The van der Waals surface area contributed by atoms with E-state index in [1.165, 1.54) is 0 Å². The van der Waals surface area contributed by atoms with Crippen molar-refractivity contribution in [2.75, 3.05) is 5.32 Å². The first-order chi connectivity index (χ1) is 9.40. The molecule has 0 aromatic heterocycles. The fraction of sp³-hybridized carbons (Fsp3) is 0.250. The third kappa shape index (κ3) is 5.27. The Morgan fingerprint density at radius 2 is 1.95 bits per heavy atom. The van der Waals surface area contributed by atoms with Gasteiger partial charge in [0.2, 0.25) is 5.91 Å². The lowest BCUT2D eigenvalue weighted by Gasteiger charge is -2.15. The van der Waals surface area contributed by atoms with Crippen molar-refractivity contribution in [2.45, 2.75) is 18.9 Å². The highest BCUT2D eigenvalue weighted by molar-refractivity contribution is 9.10. The zero-order valence-corrected chi connectivity index (χ0v) is 12.0. The number of carboxylic acids is 1. The van der Waals surface area contributed by atoms with E-state index in [4.69, 9.17) is 10.8 Å². The summed E-state index contributed by atoms with van der Waals surface area (Å²) in [5.74, 6) is -1.85. The van der Waals surface area contributed by atoms with Crippen LogP contribution in [0.5, 0.6) is 0 Å². The minimum absolute atomic E-state index is 0.0615. The van der Waals surface area contributed by atoms with E-state index < -0.39 is 23.9 Å². The van der Waals surface area contributed by atoms with Gasteiger partial charge in [0.1, 0.15) is 6.04 Å². The molecule has 20 heavy (non-hydrogen) atoms. The molecule has 0 aliphatic rings. The van der Waals surface area contributed by atoms with Crippen LogP contribution < -0.4 is 16.4 Å². The number of amides is 3. The summed E-state index contributed by atoms with van der Waals surface area (Å²) in [5.41, 5.74) is 5.45. The van der Waals surface area contributed by atoms with E-state index in [2.05, 4.69) is 26.6 Å². The number of urea groups is 1. The van der Waals surface area contributed by atoms with Crippen LogP contribution in [0.15, 0.2) is 28.7 Å². The Bertz CT molecular complexity index is 521. The predicted octanol–water partition coefficient (Wildman–Crippen LogP) is 1.29. The monoisotopic (exact) mass is 343 g/mol. The van der Waals surface area contributed by atoms with Gasteiger partial charge in [-0.25, -0.2) is 9.59 Å². The van der Waals surface area contributed by atoms with Gasteiger partial charge in [-0.05, 0) is 34.5 Å². The summed E-state index contributed by atoms with van der Waals surface area (Å²) in [6.45, 7) is 0. The van der Waals surface area contributed by atoms with Gasteiger partial charge in [0, 0.05) is 10.9 Å². The molecule has 0 radical (unpaired) electrons. The average Bonchev–Trinajstić information content (AvgIpc) is 2.36. The zero-order chi connectivity index (χ0) is 15.1. The Kier molecular flexibility index (Phi) is 5.98. The van der Waals surface area contributed by atoms with Crippen molar-refractivity contribution in [2.24, 2.45) is 5.73 Å². The van der Waals surface area contributed by atoms with E-state index in [0.29, 0.717) is 10.2 Å². The van der Waals surface area contributed by atoms with Gasteiger partial charge in [0.25, 0.3) is 0 Å². The molecule has 0 saturated carbocycles. The Hall–Kier alpha value is -2.09. The number of benzene rings is 1. The van der Waals surface area contributed by atoms with E-state index >= 15 is 0 Å². The predicted molar refractivity (Wildman–Crippen MR) is 76.1 cm³/mol. The Morgan fingerprint density at radius 3 is 2.50 bits per heavy atom. The molecule has 1 aromatic carbocycles. The van der Waals surface area contributed by atoms with Gasteiger partial charge in [-0.15, -0.1) is 0 Å². The van der Waals surface area contributed by atoms with Crippen molar-refractivity contribution in [3.63, 3.8) is 0 Å². The third-order valence-corrected chi connectivity index (χ3v) is 3.10. The molecule has 108 valence electrons. The molecule has 0 saturated heterocycles. The number of anilines is 1. The van der Waals surface area contributed by atoms with Crippen LogP contribution in [-0.2, 0) is 9.59 Å². The van der Waals surface area contributed by atoms with Crippen LogP contribution >= 0.6 is 15.9 Å². The molecule has 0 unspecified atom stereocenters. The van der Waals surface area contributed by atoms with Crippen LogP contribution in [-0.4, -0.2) is 29.1 Å². The van der Waals surface area contributed by atoms with E-state index in [9.17, 15) is 14.4 Å². The quantitative estimate of drug-likeness (QED) is 0.621. The van der Waals surface area contributed by atoms with Gasteiger partial charge < -0.3 is 21.5 Å². The van der Waals surface area contributed by atoms with Gasteiger partial charge >= 0.3 is 12.0 Å². The molecule has 3 amide bonds. The molecule has 1 rings (SSSR count). The van der Waals surface area contributed by atoms with Crippen LogP contribution in [0.25, 0.3) is 0 Å². The Labute approximate surface area is 123 Å². The first-order valence-electron chi connectivity index (χ1n) is 5.73. The number of para-hydroxylation sites is 1. The summed E-state index contributed by atoms with van der Waals surface area (Å²) in [6.07, 6.45) is -0.180. The molecule has 0 heterocycles. The highest BCUT2D eigenvalue weighted by Gasteiger charge is 2.20. The van der Waals surface area contributed by atoms with Crippen LogP contribution in [0.4, 0.5) is 10.5 Å². The van der Waals surface area contributed by atoms with Gasteiger partial charge in [0.15, 0.2) is 0 Å². The topological polar surface area (TPSA) is 122 Å². The van der Waals surface area contributed by atoms with Gasteiger partial charge in [-0.1, -0.05) is 12.1 Å². The molecule has 0 fully saturated rings. The summed E-state index contributed by atoms with van der Waals surface area (Å²) in [6, 6.07) is 5.04. The number of carboxylic acid groups (broad SMARTS) is 1. The van der Waals surface area contributed by atoms with Crippen molar-refractivity contribution in [3.8, 4) is 0 Å². The highest BCUT2D eigenvalue weighted by atomic mass is 79.9. The normalized spacial score (nSPS) is 11.4. The van der Waals surface area contributed by atoms with E-state index in [1.54, 1.807) is 24.3 Å². The number of nitrogens with two attached hydrogens (primary N) is 1. The fourth-order valence-corrected chi connectivity index (χ4v) is 1.81. The molecule has 0 bridgehead atoms. The molecule has 1 aromatic rings. The smallest absolute Gasteiger partial charge is 0.326 e. The second-order valence-corrected chi connectivity index (χ2v) is 4.83. The molecular weight excluding hydrogens is 330 g/mol. The summed E-state index contributed by atoms with van der Waals surface area (Å²) in [7, 11) is 0. The van der Waals surface area contributed by atoms with Crippen LogP contribution in [0, 0.1) is 0 Å². The number of carbonyl (C=O) groups is 3. The molecule has 8 heteroatoms. The Morgan fingerprint density at radius 1 is 1.30 bits per heavy atom. The number of primary amides is 1. The van der Waals surface area contributed by atoms with Crippen molar-refractivity contribution in [1.29, 1.82) is 0 Å². The van der Waals surface area contributed by atoms with Gasteiger partial charge in [0.05, 0.1) is 5.69 Å². The number of carbonyl (C=O) groups excluding carboxylic acids is 2. The molecular formula is C12H14BrN3O4. The molecule has 1 atom stereocenters. The first-order valence-corrected chi connectivity index (χ1v) is 6.52. The number of hydrogen-bond donors (Lipinski definition) is 4. The maximum Gasteiger partial charge on any atom is 0.326 e. The van der Waals surface area contributed by atoms with Crippen LogP contribution in [0.3, 0.4) is 0 Å². The SMILES string of the molecule is NC(=O)CC[C@@H](NC(=O)Nc1ccccc1Br)C(=O)O. The van der Waals surface area contributed by atoms with Crippen LogP contribution in [0.2, 0.25) is 0 Å². The first kappa shape index (κ1) is 16.0. The molecule has 0 spiro atoms. The van der Waals surface area contributed by atoms with Crippen molar-refractivity contribution >= 4 is 39.5 Å². The lowest BCUT2D eigenvalue weighted by Crippen LogP contribution is -2.43. The minimum Gasteiger partial charge on any atom is -0.480 e. The van der Waals surface area contributed by atoms with Crippen LogP contribution in [0.1, 0.15) is 12.8 Å². The second kappa shape index (κ2) is 7.49. The maximum atomic E-state index is 11.7. The lowest BCUT2D eigenvalue weighted by atomic mass is 10.1. The number of rotatable bonds is 6. The summed E-state index contributed by atoms with van der Waals surface area (Å²) < 4.78 is 0.666. The fourth-order valence-electron chi connectivity index (χ4n) is 1.42. The van der Waals surface area contributed by atoms with Crippen molar-refractivity contribution in [1.82, 2.24) is 5.32 Å². The largest absolute Gasteiger partial charge is 0.480 e. The number of nitrogens with one attached hydrogen (secondary N) is 2. The molecule has 7 nitrogen and oxygen atoms in total. The number of halogens is 1. The molecule has 5 N–H and O–H groups in total. The molecule has 0 aliphatic carbocycles.